The van der Waals surface area contributed by atoms with Crippen LogP contribution in [-0.2, 0) is 16.6 Å². The van der Waals surface area contributed by atoms with Gasteiger partial charge in [-0.25, -0.2) is 4.98 Å². The first-order valence-corrected chi connectivity index (χ1v) is 9.31. The fourth-order valence-electron chi connectivity index (χ4n) is 2.48. The van der Waals surface area contributed by atoms with Crippen LogP contribution in [0.3, 0.4) is 0 Å². The van der Waals surface area contributed by atoms with Crippen molar-refractivity contribution in [2.45, 2.75) is 10.8 Å². The van der Waals surface area contributed by atoms with E-state index in [9.17, 15) is 9.00 Å². The molecule has 0 saturated heterocycles. The summed E-state index contributed by atoms with van der Waals surface area (Å²) in [6, 6.07) is 14.3. The van der Waals surface area contributed by atoms with Gasteiger partial charge in [0.05, 0.1) is 22.1 Å². The SMILES string of the molecule is CNc1ccccc1CS(=O)c1ncccc1C(=O)Nc1ccncc1. The van der Waals surface area contributed by atoms with Crippen LogP contribution >= 0.6 is 0 Å². The van der Waals surface area contributed by atoms with Crippen molar-refractivity contribution < 1.29 is 9.00 Å². The zero-order chi connectivity index (χ0) is 18.4. The van der Waals surface area contributed by atoms with E-state index in [-0.39, 0.29) is 16.7 Å². The molecule has 0 fully saturated rings. The molecule has 7 heteroatoms. The minimum absolute atomic E-state index is 0.267. The van der Waals surface area contributed by atoms with E-state index in [0.717, 1.165) is 11.3 Å². The predicted octanol–water partition coefficient (Wildman–Crippen LogP) is 3.08. The number of nitrogens with one attached hydrogen (secondary N) is 2. The van der Waals surface area contributed by atoms with E-state index in [4.69, 9.17) is 0 Å². The zero-order valence-corrected chi connectivity index (χ0v) is 15.0. The van der Waals surface area contributed by atoms with Gasteiger partial charge in [-0.2, -0.15) is 0 Å². The first-order valence-electron chi connectivity index (χ1n) is 7.99. The molecule has 6 nitrogen and oxygen atoms in total. The summed E-state index contributed by atoms with van der Waals surface area (Å²) in [5, 5.41) is 6.13. The quantitative estimate of drug-likeness (QED) is 0.700. The van der Waals surface area contributed by atoms with Gasteiger partial charge in [-0.3, -0.25) is 14.0 Å². The number of carbonyl (C=O) groups excluding carboxylic acids is 1. The lowest BCUT2D eigenvalue weighted by Gasteiger charge is -2.11. The lowest BCUT2D eigenvalue weighted by Crippen LogP contribution is -2.16. The van der Waals surface area contributed by atoms with Gasteiger partial charge in [0.15, 0.2) is 0 Å². The Bertz CT molecular complexity index is 932. The Balaban J connectivity index is 1.84. The number of para-hydroxylation sites is 1. The number of carbonyl (C=O) groups is 1. The summed E-state index contributed by atoms with van der Waals surface area (Å²) >= 11 is 0. The predicted molar refractivity (Wildman–Crippen MR) is 103 cm³/mol. The number of hydrogen-bond donors (Lipinski definition) is 2. The number of hydrogen-bond acceptors (Lipinski definition) is 5. The van der Waals surface area contributed by atoms with Crippen LogP contribution < -0.4 is 10.6 Å². The third-order valence-corrected chi connectivity index (χ3v) is 5.07. The summed E-state index contributed by atoms with van der Waals surface area (Å²) in [5.74, 6) is -0.0848. The number of anilines is 2. The van der Waals surface area contributed by atoms with Gasteiger partial charge in [-0.15, -0.1) is 0 Å². The maximum Gasteiger partial charge on any atom is 0.258 e. The molecule has 2 N–H and O–H groups in total. The molecule has 3 aromatic rings. The molecule has 2 aromatic heterocycles. The van der Waals surface area contributed by atoms with E-state index in [2.05, 4.69) is 20.6 Å². The molecule has 0 bridgehead atoms. The number of rotatable bonds is 6. The second kappa shape index (κ2) is 8.35. The van der Waals surface area contributed by atoms with Gasteiger partial charge in [-0.05, 0) is 35.9 Å². The van der Waals surface area contributed by atoms with Crippen molar-refractivity contribution in [3.05, 3.63) is 78.2 Å². The maximum absolute atomic E-state index is 12.9. The number of nitrogens with zero attached hydrogens (tertiary/aromatic N) is 2. The monoisotopic (exact) mass is 366 g/mol. The molecule has 0 radical (unpaired) electrons. The number of benzene rings is 1. The Labute approximate surface area is 154 Å². The average molecular weight is 366 g/mol. The van der Waals surface area contributed by atoms with Crippen molar-refractivity contribution in [2.24, 2.45) is 0 Å². The molecule has 0 spiro atoms. The van der Waals surface area contributed by atoms with Crippen molar-refractivity contribution >= 4 is 28.1 Å². The van der Waals surface area contributed by atoms with E-state index in [1.807, 2.05) is 31.3 Å². The Morgan fingerprint density at radius 3 is 2.58 bits per heavy atom. The lowest BCUT2D eigenvalue weighted by molar-refractivity contribution is 0.102. The molecular formula is C19H18N4O2S. The maximum atomic E-state index is 12.9. The van der Waals surface area contributed by atoms with Crippen LogP contribution in [0.2, 0.25) is 0 Å². The summed E-state index contributed by atoms with van der Waals surface area (Å²) < 4.78 is 12.9. The van der Waals surface area contributed by atoms with Gasteiger partial charge < -0.3 is 10.6 Å². The van der Waals surface area contributed by atoms with Gasteiger partial charge in [-0.1, -0.05) is 18.2 Å². The minimum atomic E-state index is -1.46. The van der Waals surface area contributed by atoms with E-state index < -0.39 is 10.8 Å². The summed E-state index contributed by atoms with van der Waals surface area (Å²) in [4.78, 5) is 20.7. The molecule has 1 unspecified atom stereocenters. The summed E-state index contributed by atoms with van der Waals surface area (Å²) in [6.07, 6.45) is 4.72. The van der Waals surface area contributed by atoms with E-state index in [0.29, 0.717) is 11.3 Å². The molecule has 1 amide bonds. The minimum Gasteiger partial charge on any atom is -0.388 e. The van der Waals surface area contributed by atoms with Crippen molar-refractivity contribution in [1.29, 1.82) is 0 Å². The molecule has 3 rings (SSSR count). The van der Waals surface area contributed by atoms with Crippen molar-refractivity contribution in [3.63, 3.8) is 0 Å². The normalized spacial score (nSPS) is 11.6. The van der Waals surface area contributed by atoms with Gasteiger partial charge in [0.1, 0.15) is 5.03 Å². The molecule has 26 heavy (non-hydrogen) atoms. The van der Waals surface area contributed by atoms with Gasteiger partial charge >= 0.3 is 0 Å². The fourth-order valence-corrected chi connectivity index (χ4v) is 3.73. The Morgan fingerprint density at radius 2 is 1.81 bits per heavy atom. The summed E-state index contributed by atoms with van der Waals surface area (Å²) in [6.45, 7) is 0. The number of aromatic nitrogens is 2. The molecular weight excluding hydrogens is 348 g/mol. The van der Waals surface area contributed by atoms with Crippen LogP contribution in [0.15, 0.2) is 72.1 Å². The van der Waals surface area contributed by atoms with E-state index in [1.54, 1.807) is 42.9 Å². The highest BCUT2D eigenvalue weighted by atomic mass is 32.2. The Kier molecular flexibility index (Phi) is 5.70. The topological polar surface area (TPSA) is 84.0 Å². The highest BCUT2D eigenvalue weighted by Gasteiger charge is 2.18. The van der Waals surface area contributed by atoms with Crippen molar-refractivity contribution in [1.82, 2.24) is 9.97 Å². The lowest BCUT2D eigenvalue weighted by atomic mass is 10.2. The van der Waals surface area contributed by atoms with Gasteiger partial charge in [0.25, 0.3) is 5.91 Å². The van der Waals surface area contributed by atoms with Gasteiger partial charge in [0, 0.05) is 37.0 Å². The van der Waals surface area contributed by atoms with Crippen LogP contribution in [0.25, 0.3) is 0 Å². The third kappa shape index (κ3) is 4.12. The van der Waals surface area contributed by atoms with Gasteiger partial charge in [0.2, 0.25) is 0 Å². The average Bonchev–Trinajstić information content (AvgIpc) is 2.69. The third-order valence-electron chi connectivity index (χ3n) is 3.74. The molecule has 1 atom stereocenters. The Hall–Kier alpha value is -3.06. The van der Waals surface area contributed by atoms with Crippen molar-refractivity contribution in [2.75, 3.05) is 17.7 Å². The first-order chi connectivity index (χ1) is 12.7. The molecule has 0 aliphatic carbocycles. The van der Waals surface area contributed by atoms with Crippen LogP contribution in [0.5, 0.6) is 0 Å². The first kappa shape index (κ1) is 17.8. The van der Waals surface area contributed by atoms with Crippen LogP contribution in [0.1, 0.15) is 15.9 Å². The van der Waals surface area contributed by atoms with E-state index in [1.165, 1.54) is 0 Å². The molecule has 0 aliphatic rings. The smallest absolute Gasteiger partial charge is 0.258 e. The van der Waals surface area contributed by atoms with Crippen LogP contribution in [-0.4, -0.2) is 27.1 Å². The highest BCUT2D eigenvalue weighted by Crippen LogP contribution is 2.21. The second-order valence-corrected chi connectivity index (χ2v) is 6.81. The molecule has 2 heterocycles. The summed E-state index contributed by atoms with van der Waals surface area (Å²) in [7, 11) is 0.355. The molecule has 0 saturated carbocycles. The fraction of sp³-hybridized carbons (Fsp3) is 0.105. The second-order valence-electron chi connectivity index (χ2n) is 5.44. The zero-order valence-electron chi connectivity index (χ0n) is 14.2. The summed E-state index contributed by atoms with van der Waals surface area (Å²) in [5.41, 5.74) is 2.72. The molecule has 0 aliphatic heterocycles. The standard InChI is InChI=1S/C19H18N4O2S/c1-20-17-7-3-2-5-14(17)13-26(25)19-16(6-4-10-22-19)18(24)23-15-8-11-21-12-9-15/h2-12,20H,13H2,1H3,(H,21,23,24). The molecule has 132 valence electrons. The largest absolute Gasteiger partial charge is 0.388 e. The highest BCUT2D eigenvalue weighted by molar-refractivity contribution is 7.84. The number of pyridine rings is 2. The van der Waals surface area contributed by atoms with Crippen LogP contribution in [0, 0.1) is 0 Å². The van der Waals surface area contributed by atoms with Crippen LogP contribution in [0.4, 0.5) is 11.4 Å². The molecule has 1 aromatic carbocycles. The van der Waals surface area contributed by atoms with Crippen molar-refractivity contribution in [3.8, 4) is 0 Å². The van der Waals surface area contributed by atoms with E-state index >= 15 is 0 Å². The number of amides is 1. The Morgan fingerprint density at radius 1 is 1.04 bits per heavy atom.